The van der Waals surface area contributed by atoms with Gasteiger partial charge in [-0.3, -0.25) is 9.79 Å². The predicted molar refractivity (Wildman–Crippen MR) is 176 cm³/mol. The van der Waals surface area contributed by atoms with Crippen LogP contribution < -0.4 is 10.5 Å². The van der Waals surface area contributed by atoms with Crippen LogP contribution in [0.1, 0.15) is 76.5 Å². The van der Waals surface area contributed by atoms with Crippen molar-refractivity contribution in [2.24, 2.45) is 10.7 Å². The minimum Gasteiger partial charge on any atom is -0.489 e. The van der Waals surface area contributed by atoms with E-state index >= 15 is 0 Å². The van der Waals surface area contributed by atoms with Gasteiger partial charge in [0.05, 0.1) is 16.7 Å². The Morgan fingerprint density at radius 3 is 2.33 bits per heavy atom. The lowest BCUT2D eigenvalue weighted by Gasteiger charge is -2.28. The maximum atomic E-state index is 13.1. The Morgan fingerprint density at radius 1 is 1.02 bits per heavy atom. The van der Waals surface area contributed by atoms with Gasteiger partial charge in [-0.2, -0.15) is 0 Å². The minimum atomic E-state index is -0.511. The van der Waals surface area contributed by atoms with E-state index in [1.165, 1.54) is 69.4 Å². The molecule has 3 aromatic carbocycles. The molecular weight excluding hydrogens is 561 g/mol. The average molecular weight is 606 g/mol. The molecule has 1 aliphatic carbocycles. The molecule has 0 unspecified atom stereocenters. The third kappa shape index (κ3) is 9.38. The van der Waals surface area contributed by atoms with Crippen molar-refractivity contribution in [3.63, 3.8) is 0 Å². The van der Waals surface area contributed by atoms with Gasteiger partial charge in [0.1, 0.15) is 17.3 Å². The number of aliphatic imine (C=N–C) groups is 1. The fourth-order valence-electron chi connectivity index (χ4n) is 5.52. The molecule has 2 heterocycles. The van der Waals surface area contributed by atoms with E-state index in [0.29, 0.717) is 11.8 Å². The number of carbonyl (C=O) groups excluding carboxylic acids is 1. The molecule has 0 aromatic heterocycles. The smallest absolute Gasteiger partial charge is 0.267 e. The third-order valence-corrected chi connectivity index (χ3v) is 8.06. The molecule has 2 aliphatic heterocycles. The molecule has 7 heteroatoms. The number of hydrogen-bond donors (Lipinski definition) is 1. The number of likely N-dealkylation sites (tertiary alicyclic amines) is 1. The van der Waals surface area contributed by atoms with Crippen molar-refractivity contribution in [3.8, 4) is 16.9 Å². The zero-order chi connectivity index (χ0) is 31.0. The highest BCUT2D eigenvalue weighted by Gasteiger charge is 2.29. The maximum absolute atomic E-state index is 13.1. The van der Waals surface area contributed by atoms with Gasteiger partial charge in [-0.1, -0.05) is 61.8 Å². The molecule has 6 rings (SSSR count). The molecule has 0 spiro atoms. The van der Waals surface area contributed by atoms with Crippen molar-refractivity contribution in [2.45, 2.75) is 84.3 Å². The fourth-order valence-corrected chi connectivity index (χ4v) is 5.77. The summed E-state index contributed by atoms with van der Waals surface area (Å²) in [5, 5.41) is 0.769. The number of nitrogens with two attached hydrogens (primary N) is 1. The molecule has 230 valence electrons. The zero-order valence-corrected chi connectivity index (χ0v) is 26.7. The number of nitrogens with zero attached hydrogens (tertiary/aromatic N) is 2. The lowest BCUT2D eigenvalue weighted by molar-refractivity contribution is -0.112. The van der Waals surface area contributed by atoms with Crippen molar-refractivity contribution >= 4 is 23.2 Å². The van der Waals surface area contributed by atoms with Crippen LogP contribution in [0.2, 0.25) is 5.02 Å². The number of primary amides is 1. The van der Waals surface area contributed by atoms with E-state index in [-0.39, 0.29) is 11.4 Å². The Balaban J connectivity index is 0.000000188. The van der Waals surface area contributed by atoms with Gasteiger partial charge in [0, 0.05) is 5.56 Å². The van der Waals surface area contributed by atoms with Crippen LogP contribution in [0.4, 0.5) is 4.39 Å². The van der Waals surface area contributed by atoms with Crippen LogP contribution in [0.25, 0.3) is 11.1 Å². The monoisotopic (exact) mass is 605 g/mol. The van der Waals surface area contributed by atoms with Gasteiger partial charge in [0.2, 0.25) is 0 Å². The van der Waals surface area contributed by atoms with Gasteiger partial charge in [0.25, 0.3) is 5.91 Å². The number of rotatable bonds is 8. The summed E-state index contributed by atoms with van der Waals surface area (Å²) in [6.45, 7) is 11.7. The molecule has 43 heavy (non-hydrogen) atoms. The van der Waals surface area contributed by atoms with E-state index in [1.54, 1.807) is 12.1 Å². The van der Waals surface area contributed by atoms with Crippen LogP contribution in [0.5, 0.6) is 5.75 Å². The van der Waals surface area contributed by atoms with Crippen LogP contribution in [0.15, 0.2) is 65.7 Å². The highest BCUT2D eigenvalue weighted by atomic mass is 35.5. The summed E-state index contributed by atoms with van der Waals surface area (Å²) in [6, 6.07) is 18.4. The van der Waals surface area contributed by atoms with Crippen molar-refractivity contribution in [1.29, 1.82) is 0 Å². The second-order valence-corrected chi connectivity index (χ2v) is 12.3. The molecular formula is C36H45ClFN3O2. The maximum Gasteiger partial charge on any atom is 0.267 e. The molecule has 5 nitrogen and oxygen atoms in total. The first-order valence-corrected chi connectivity index (χ1v) is 16.0. The topological polar surface area (TPSA) is 67.9 Å². The van der Waals surface area contributed by atoms with E-state index in [4.69, 9.17) is 22.1 Å². The van der Waals surface area contributed by atoms with Gasteiger partial charge in [-0.05, 0) is 125 Å². The Morgan fingerprint density at radius 2 is 1.70 bits per heavy atom. The summed E-state index contributed by atoms with van der Waals surface area (Å²) in [6.07, 6.45) is 8.58. The summed E-state index contributed by atoms with van der Waals surface area (Å²) >= 11 is 6.27. The lowest BCUT2D eigenvalue weighted by Crippen LogP contribution is -2.35. The molecule has 3 aliphatic rings. The van der Waals surface area contributed by atoms with Crippen LogP contribution in [-0.2, 0) is 17.6 Å². The minimum absolute atomic E-state index is 0.258. The average Bonchev–Trinajstić information content (AvgIpc) is 3.66. The summed E-state index contributed by atoms with van der Waals surface area (Å²) in [5.41, 5.74) is 10.5. The molecule has 2 fully saturated rings. The van der Waals surface area contributed by atoms with Crippen molar-refractivity contribution in [1.82, 2.24) is 4.90 Å². The molecule has 2 N–H and O–H groups in total. The Hall–Kier alpha value is -3.22. The second kappa shape index (κ2) is 15.0. The fraction of sp³-hybridized carbons (Fsp3) is 0.444. The largest absolute Gasteiger partial charge is 0.489 e. The number of benzene rings is 3. The Bertz CT molecular complexity index is 1410. The number of halogens is 2. The van der Waals surface area contributed by atoms with Gasteiger partial charge < -0.3 is 15.4 Å². The molecule has 1 saturated heterocycles. The van der Waals surface area contributed by atoms with Gasteiger partial charge in [-0.25, -0.2) is 4.39 Å². The van der Waals surface area contributed by atoms with E-state index in [1.807, 2.05) is 52.0 Å². The van der Waals surface area contributed by atoms with Crippen LogP contribution in [-0.4, -0.2) is 47.8 Å². The normalized spacial score (nSPS) is 17.0. The van der Waals surface area contributed by atoms with E-state index < -0.39 is 5.91 Å². The van der Waals surface area contributed by atoms with E-state index in [0.717, 1.165) is 45.9 Å². The van der Waals surface area contributed by atoms with Gasteiger partial charge in [0.15, 0.2) is 0 Å². The standard InChI is InChI=1S/C18H17FN2O.C16H22ClNO.C2H6/c1-18(2)10-13-9-12(11-3-6-14(19)7-4-11)5-8-15(13)16(21-18)17(20)22;17-15-12-13(4-3-11-18-9-1-2-10-18)5-8-16(15)19-14-6-7-14;1-2/h3-9H,10H2,1-2H3,(H2,20,22);5,8,12,14H,1-4,6-7,9-11H2;1-2H3. The summed E-state index contributed by atoms with van der Waals surface area (Å²) in [4.78, 5) is 18.7. The van der Waals surface area contributed by atoms with Crippen molar-refractivity contribution in [2.75, 3.05) is 19.6 Å². The number of hydrogen-bond acceptors (Lipinski definition) is 4. The molecule has 0 bridgehead atoms. The molecule has 0 atom stereocenters. The summed E-state index contributed by atoms with van der Waals surface area (Å²) in [5.74, 6) is 0.0852. The highest BCUT2D eigenvalue weighted by molar-refractivity contribution is 6.45. The van der Waals surface area contributed by atoms with Crippen LogP contribution in [0.3, 0.4) is 0 Å². The van der Waals surface area contributed by atoms with Crippen LogP contribution in [0, 0.1) is 5.82 Å². The van der Waals surface area contributed by atoms with E-state index in [9.17, 15) is 9.18 Å². The van der Waals surface area contributed by atoms with Crippen LogP contribution >= 0.6 is 11.6 Å². The number of aryl methyl sites for hydroxylation is 1. The molecule has 1 amide bonds. The summed E-state index contributed by atoms with van der Waals surface area (Å²) in [7, 11) is 0. The van der Waals surface area contributed by atoms with Gasteiger partial charge in [-0.15, -0.1) is 0 Å². The number of amides is 1. The van der Waals surface area contributed by atoms with Crippen molar-refractivity contribution < 1.29 is 13.9 Å². The first-order chi connectivity index (χ1) is 20.7. The molecule has 0 radical (unpaired) electrons. The van der Waals surface area contributed by atoms with Crippen molar-refractivity contribution in [3.05, 3.63) is 88.2 Å². The second-order valence-electron chi connectivity index (χ2n) is 11.9. The Labute approximate surface area is 261 Å². The predicted octanol–water partition coefficient (Wildman–Crippen LogP) is 8.04. The van der Waals surface area contributed by atoms with E-state index in [2.05, 4.69) is 22.0 Å². The van der Waals surface area contributed by atoms with Gasteiger partial charge >= 0.3 is 0 Å². The Kier molecular flexibility index (Phi) is 11.4. The number of ether oxygens (including phenoxy) is 1. The highest BCUT2D eigenvalue weighted by Crippen LogP contribution is 2.33. The quantitative estimate of drug-likeness (QED) is 0.282. The summed E-state index contributed by atoms with van der Waals surface area (Å²) < 4.78 is 18.8. The zero-order valence-electron chi connectivity index (χ0n) is 26.0. The third-order valence-electron chi connectivity index (χ3n) is 7.76. The molecule has 1 saturated carbocycles. The lowest BCUT2D eigenvalue weighted by atomic mass is 9.85. The first-order valence-electron chi connectivity index (χ1n) is 15.6. The first kappa shape index (κ1) is 32.7. The SMILES string of the molecule is CC.CC1(C)Cc2cc(-c3ccc(F)cc3)ccc2C(C(N)=O)=N1.Clc1cc(CCCN2CCCC2)ccc1OC1CC1. The number of fused-ring (bicyclic) bond motifs is 1. The number of carbonyl (C=O) groups is 1. The molecule has 3 aromatic rings.